The molecule has 1 amide bonds. The molecule has 0 saturated carbocycles. The number of pyridine rings is 1. The van der Waals surface area contributed by atoms with Crippen LogP contribution in [-0.2, 0) is 11.8 Å². The zero-order valence-electron chi connectivity index (χ0n) is 15.0. The second-order valence-corrected chi connectivity index (χ2v) is 5.34. The van der Waals surface area contributed by atoms with Crippen molar-refractivity contribution in [3.05, 3.63) is 54.4 Å². The Kier molecular flexibility index (Phi) is 7.75. The van der Waals surface area contributed by atoms with Gasteiger partial charge in [-0.1, -0.05) is 12.1 Å². The van der Waals surface area contributed by atoms with E-state index in [9.17, 15) is 19.5 Å². The van der Waals surface area contributed by atoms with Crippen molar-refractivity contribution in [3.63, 3.8) is 0 Å². The van der Waals surface area contributed by atoms with Gasteiger partial charge in [0.15, 0.2) is 11.9 Å². The molecule has 0 fully saturated rings. The highest BCUT2D eigenvalue weighted by molar-refractivity contribution is 5.90. The van der Waals surface area contributed by atoms with E-state index in [-0.39, 0.29) is 17.4 Å². The summed E-state index contributed by atoms with van der Waals surface area (Å²) in [7, 11) is 5.16. The summed E-state index contributed by atoms with van der Waals surface area (Å²) < 4.78 is 11.5. The number of nitrogens with zero attached hydrogens (tertiary/aromatic N) is 2. The Morgan fingerprint density at radius 2 is 1.69 bits per heavy atom. The summed E-state index contributed by atoms with van der Waals surface area (Å²) in [5.41, 5.74) is -0.127. The van der Waals surface area contributed by atoms with Crippen LogP contribution < -0.4 is 19.1 Å². The van der Waals surface area contributed by atoms with Crippen molar-refractivity contribution in [1.82, 2.24) is 4.90 Å². The highest BCUT2D eigenvalue weighted by atomic mass is 16.6. The van der Waals surface area contributed by atoms with Gasteiger partial charge in [-0.25, -0.2) is 9.36 Å². The molecule has 0 saturated heterocycles. The molecule has 1 heterocycles. The molecular weight excluding hydrogens is 340 g/mol. The molecule has 0 unspecified atom stereocenters. The Labute approximate surface area is 151 Å². The van der Waals surface area contributed by atoms with E-state index in [1.807, 2.05) is 23.9 Å². The van der Waals surface area contributed by atoms with E-state index in [0.29, 0.717) is 5.75 Å². The zero-order chi connectivity index (χ0) is 19.7. The normalized spacial score (nSPS) is 9.38. The largest absolute Gasteiger partial charge is 0.545 e. The van der Waals surface area contributed by atoms with Gasteiger partial charge in [-0.3, -0.25) is 4.79 Å². The Morgan fingerprint density at radius 3 is 2.23 bits per heavy atom. The number of esters is 1. The molecule has 0 radical (unpaired) electrons. The Bertz CT molecular complexity index is 789. The molecule has 1 aromatic carbocycles. The number of aryl methyl sites for hydroxylation is 1. The number of ether oxygens (including phenoxy) is 2. The van der Waals surface area contributed by atoms with E-state index in [1.165, 1.54) is 30.0 Å². The number of carboxylic acids is 1. The lowest BCUT2D eigenvalue weighted by molar-refractivity contribution is -0.671. The molecule has 8 heteroatoms. The Balaban J connectivity index is 0.000000260. The van der Waals surface area contributed by atoms with Crippen molar-refractivity contribution >= 4 is 18.0 Å². The average Bonchev–Trinajstić information content (AvgIpc) is 2.55. The van der Waals surface area contributed by atoms with Crippen LogP contribution in [0.2, 0.25) is 0 Å². The number of para-hydroxylation sites is 1. The van der Waals surface area contributed by atoms with Gasteiger partial charge in [-0.15, -0.1) is 0 Å². The molecule has 0 spiro atoms. The zero-order valence-corrected chi connectivity index (χ0v) is 15.0. The third-order valence-electron chi connectivity index (χ3n) is 2.84. The fraction of sp³-hybridized carbons (Fsp3) is 0.222. The van der Waals surface area contributed by atoms with Gasteiger partial charge in [-0.2, -0.15) is 0 Å². The van der Waals surface area contributed by atoms with Crippen molar-refractivity contribution in [3.8, 4) is 11.5 Å². The smallest absolute Gasteiger partial charge is 0.414 e. The summed E-state index contributed by atoms with van der Waals surface area (Å²) in [4.78, 5) is 33.6. The number of aromatic nitrogens is 1. The number of carboxylic acid groups (broad SMARTS) is 1. The number of aromatic carboxylic acids is 1. The van der Waals surface area contributed by atoms with E-state index in [1.54, 1.807) is 32.4 Å². The monoisotopic (exact) mass is 360 g/mol. The maximum atomic E-state index is 11.1. The summed E-state index contributed by atoms with van der Waals surface area (Å²) in [6.07, 6.45) is 3.24. The van der Waals surface area contributed by atoms with Gasteiger partial charge in [0.25, 0.3) is 0 Å². The van der Waals surface area contributed by atoms with E-state index < -0.39 is 11.9 Å². The van der Waals surface area contributed by atoms with Crippen LogP contribution in [0.1, 0.15) is 17.3 Å². The molecule has 138 valence electrons. The van der Waals surface area contributed by atoms with Crippen LogP contribution in [0.5, 0.6) is 11.5 Å². The minimum Gasteiger partial charge on any atom is -0.545 e. The second kappa shape index (κ2) is 9.77. The van der Waals surface area contributed by atoms with Gasteiger partial charge in [0, 0.05) is 32.6 Å². The number of hydrogen-bond acceptors (Lipinski definition) is 6. The summed E-state index contributed by atoms with van der Waals surface area (Å²) in [6.45, 7) is 1.20. The van der Waals surface area contributed by atoms with Gasteiger partial charge in [0.05, 0.1) is 5.97 Å². The molecule has 0 aliphatic carbocycles. The van der Waals surface area contributed by atoms with Gasteiger partial charge in [0.1, 0.15) is 12.8 Å². The van der Waals surface area contributed by atoms with Crippen molar-refractivity contribution < 1.29 is 33.5 Å². The van der Waals surface area contributed by atoms with Crippen LogP contribution in [0.4, 0.5) is 4.79 Å². The minimum absolute atomic E-state index is 0.00926. The van der Waals surface area contributed by atoms with Gasteiger partial charge >= 0.3 is 12.1 Å². The third kappa shape index (κ3) is 7.00. The summed E-state index contributed by atoms with van der Waals surface area (Å²) in [5.74, 6) is -1.37. The van der Waals surface area contributed by atoms with E-state index in [2.05, 4.69) is 4.74 Å². The van der Waals surface area contributed by atoms with Crippen molar-refractivity contribution in [2.24, 2.45) is 7.05 Å². The molecular formula is C18H20N2O6. The lowest BCUT2D eigenvalue weighted by Gasteiger charge is -2.09. The van der Waals surface area contributed by atoms with Crippen LogP contribution in [0.3, 0.4) is 0 Å². The molecule has 1 aromatic heterocycles. The predicted molar refractivity (Wildman–Crippen MR) is 89.4 cm³/mol. The minimum atomic E-state index is -1.36. The lowest BCUT2D eigenvalue weighted by Crippen LogP contribution is -2.29. The fourth-order valence-corrected chi connectivity index (χ4v) is 1.69. The van der Waals surface area contributed by atoms with Gasteiger partial charge < -0.3 is 24.3 Å². The quantitative estimate of drug-likeness (QED) is 0.450. The highest BCUT2D eigenvalue weighted by Crippen LogP contribution is 2.16. The third-order valence-corrected chi connectivity index (χ3v) is 2.84. The molecule has 2 aromatic rings. The number of benzene rings is 1. The van der Waals surface area contributed by atoms with Gasteiger partial charge in [-0.05, 0) is 18.2 Å². The predicted octanol–water partition coefficient (Wildman–Crippen LogP) is 0.547. The van der Waals surface area contributed by atoms with Crippen LogP contribution in [-0.4, -0.2) is 37.0 Å². The van der Waals surface area contributed by atoms with Crippen molar-refractivity contribution in [2.45, 2.75) is 6.92 Å². The van der Waals surface area contributed by atoms with Crippen LogP contribution in [0.25, 0.3) is 0 Å². The fourth-order valence-electron chi connectivity index (χ4n) is 1.69. The summed E-state index contributed by atoms with van der Waals surface area (Å²) >= 11 is 0. The lowest BCUT2D eigenvalue weighted by atomic mass is 10.2. The van der Waals surface area contributed by atoms with Crippen LogP contribution >= 0.6 is 0 Å². The van der Waals surface area contributed by atoms with E-state index >= 15 is 0 Å². The second-order valence-electron chi connectivity index (χ2n) is 5.34. The first-order valence-corrected chi connectivity index (χ1v) is 7.54. The summed E-state index contributed by atoms with van der Waals surface area (Å²) in [5, 5.41) is 10.5. The molecule has 0 aliphatic rings. The van der Waals surface area contributed by atoms with Crippen LogP contribution in [0.15, 0.2) is 48.8 Å². The molecule has 8 nitrogen and oxygen atoms in total. The van der Waals surface area contributed by atoms with Crippen LogP contribution in [0, 0.1) is 0 Å². The number of carbonyl (C=O) groups excluding carboxylic acids is 3. The maximum Gasteiger partial charge on any atom is 0.414 e. The maximum absolute atomic E-state index is 11.1. The highest BCUT2D eigenvalue weighted by Gasteiger charge is 2.08. The molecule has 0 N–H and O–H groups in total. The standard InChI is InChI=1S/C9H13N2O2.C9H8O4/c1-10(2)9(12)13-8-5-4-6-11(3)7-8;1-6(10)13-8-5-3-2-4-7(8)9(11)12/h4-7H,1-3H3;2-5H,1H3,(H,11,12)/q+1;/p-1. The first-order chi connectivity index (χ1) is 12.2. The molecule has 26 heavy (non-hydrogen) atoms. The number of rotatable bonds is 3. The number of hydrogen-bond donors (Lipinski definition) is 0. The Morgan fingerprint density at radius 1 is 1.04 bits per heavy atom. The van der Waals surface area contributed by atoms with Crippen molar-refractivity contribution in [1.29, 1.82) is 0 Å². The van der Waals surface area contributed by atoms with Gasteiger partial charge in [0.2, 0.25) is 6.20 Å². The average molecular weight is 360 g/mol. The Hall–Kier alpha value is -3.42. The van der Waals surface area contributed by atoms with E-state index in [0.717, 1.165) is 0 Å². The summed E-state index contributed by atoms with van der Waals surface area (Å²) in [6, 6.07) is 9.36. The van der Waals surface area contributed by atoms with E-state index in [4.69, 9.17) is 4.74 Å². The molecule has 0 atom stereocenters. The molecule has 2 rings (SSSR count). The first-order valence-electron chi connectivity index (χ1n) is 7.54. The molecule has 0 bridgehead atoms. The molecule has 0 aliphatic heterocycles. The topological polar surface area (TPSA) is 99.9 Å². The number of amides is 1. The van der Waals surface area contributed by atoms with Crippen molar-refractivity contribution in [2.75, 3.05) is 14.1 Å². The first kappa shape index (κ1) is 20.6. The number of carbonyl (C=O) groups is 3. The SMILES string of the molecule is CC(=O)Oc1ccccc1C(=O)[O-].CN(C)C(=O)Oc1ccc[n+](C)c1.